The Morgan fingerprint density at radius 3 is 2.63 bits per heavy atom. The van der Waals surface area contributed by atoms with E-state index in [1.807, 2.05) is 0 Å². The van der Waals surface area contributed by atoms with Crippen LogP contribution in [0.25, 0.3) is 10.9 Å². The van der Waals surface area contributed by atoms with E-state index in [9.17, 15) is 23.6 Å². The van der Waals surface area contributed by atoms with Gasteiger partial charge in [-0.15, -0.1) is 0 Å². The first-order valence-corrected chi connectivity index (χ1v) is 9.38. The van der Waals surface area contributed by atoms with Crippen molar-refractivity contribution >= 4 is 22.7 Å². The number of amides is 2. The van der Waals surface area contributed by atoms with Crippen molar-refractivity contribution < 1.29 is 14.0 Å². The number of fused-ring (bicyclic) bond motifs is 1. The number of para-hydroxylation sites is 1. The van der Waals surface area contributed by atoms with E-state index in [-0.39, 0.29) is 24.6 Å². The Balaban J connectivity index is 1.69. The van der Waals surface area contributed by atoms with Crippen LogP contribution in [0, 0.1) is 5.82 Å². The average molecular weight is 410 g/mol. The summed E-state index contributed by atoms with van der Waals surface area (Å²) in [7, 11) is 1.65. The minimum absolute atomic E-state index is 0.0400. The molecule has 1 aliphatic heterocycles. The fourth-order valence-corrected chi connectivity index (χ4v) is 3.52. The Hall–Kier alpha value is -3.75. The van der Waals surface area contributed by atoms with E-state index < -0.39 is 23.0 Å². The van der Waals surface area contributed by atoms with Crippen molar-refractivity contribution in [2.75, 3.05) is 26.7 Å². The second-order valence-corrected chi connectivity index (χ2v) is 7.22. The summed E-state index contributed by atoms with van der Waals surface area (Å²) in [5.74, 6) is -1.49. The fourth-order valence-electron chi connectivity index (χ4n) is 3.52. The van der Waals surface area contributed by atoms with Crippen molar-refractivity contribution in [3.05, 3.63) is 80.2 Å². The van der Waals surface area contributed by atoms with Crippen LogP contribution in [0.15, 0.2) is 52.1 Å². The monoisotopic (exact) mass is 410 g/mol. The van der Waals surface area contributed by atoms with Crippen LogP contribution in [0.3, 0.4) is 0 Å². The predicted molar refractivity (Wildman–Crippen MR) is 108 cm³/mol. The van der Waals surface area contributed by atoms with Crippen molar-refractivity contribution in [2.45, 2.75) is 6.54 Å². The quantitative estimate of drug-likeness (QED) is 0.691. The summed E-state index contributed by atoms with van der Waals surface area (Å²) < 4.78 is 15.8. The first-order chi connectivity index (χ1) is 14.3. The standard InChI is InChI=1S/C21H19FN4O4/c1-24-8-9-25(12-18(24)27)20(29)15-10-13(6-7-16(15)22)11-26-17-5-3-2-4-14(17)19(28)23-21(26)30/h2-7,10H,8-9,11-12H2,1H3,(H,23,28,30). The lowest BCUT2D eigenvalue weighted by Gasteiger charge is -2.32. The normalized spacial score (nSPS) is 14.4. The van der Waals surface area contributed by atoms with E-state index in [2.05, 4.69) is 4.98 Å². The zero-order valence-electron chi connectivity index (χ0n) is 16.2. The van der Waals surface area contributed by atoms with E-state index in [1.165, 1.54) is 32.6 Å². The number of nitrogens with one attached hydrogen (secondary N) is 1. The highest BCUT2D eigenvalue weighted by Gasteiger charge is 2.27. The topological polar surface area (TPSA) is 95.5 Å². The van der Waals surface area contributed by atoms with Gasteiger partial charge in [0, 0.05) is 20.1 Å². The van der Waals surface area contributed by atoms with E-state index in [4.69, 9.17) is 0 Å². The smallest absolute Gasteiger partial charge is 0.329 e. The summed E-state index contributed by atoms with van der Waals surface area (Å²) in [6.07, 6.45) is 0. The molecule has 2 aromatic carbocycles. The Morgan fingerprint density at radius 2 is 1.87 bits per heavy atom. The number of rotatable bonds is 3. The van der Waals surface area contributed by atoms with Crippen molar-refractivity contribution in [3.8, 4) is 0 Å². The Labute approximate surface area is 170 Å². The predicted octanol–water partition coefficient (Wildman–Crippen LogP) is 0.791. The van der Waals surface area contributed by atoms with Crippen molar-refractivity contribution in [3.63, 3.8) is 0 Å². The zero-order chi connectivity index (χ0) is 21.4. The largest absolute Gasteiger partial charge is 0.342 e. The highest BCUT2D eigenvalue weighted by atomic mass is 19.1. The summed E-state index contributed by atoms with van der Waals surface area (Å²) in [5.41, 5.74) is -0.290. The van der Waals surface area contributed by atoms with Gasteiger partial charge in [-0.3, -0.25) is 23.9 Å². The molecule has 1 fully saturated rings. The Morgan fingerprint density at radius 1 is 1.10 bits per heavy atom. The van der Waals surface area contributed by atoms with Crippen LogP contribution in [-0.4, -0.2) is 57.8 Å². The lowest BCUT2D eigenvalue weighted by atomic mass is 10.1. The van der Waals surface area contributed by atoms with Gasteiger partial charge in [0.25, 0.3) is 11.5 Å². The molecule has 0 saturated carbocycles. The maximum atomic E-state index is 14.4. The molecular formula is C21H19FN4O4. The number of H-pyrrole nitrogens is 1. The van der Waals surface area contributed by atoms with E-state index in [0.29, 0.717) is 29.6 Å². The summed E-state index contributed by atoms with van der Waals surface area (Å²) in [4.78, 5) is 54.2. The molecule has 0 unspecified atom stereocenters. The highest BCUT2D eigenvalue weighted by Crippen LogP contribution is 2.17. The first kappa shape index (κ1) is 19.6. The number of benzene rings is 2. The van der Waals surface area contributed by atoms with Gasteiger partial charge >= 0.3 is 5.69 Å². The van der Waals surface area contributed by atoms with Gasteiger partial charge in [-0.2, -0.15) is 0 Å². The molecule has 4 rings (SSSR count). The van der Waals surface area contributed by atoms with E-state index >= 15 is 0 Å². The van der Waals surface area contributed by atoms with Crippen molar-refractivity contribution in [1.29, 1.82) is 0 Å². The van der Waals surface area contributed by atoms with Crippen LogP contribution in [0.5, 0.6) is 0 Å². The first-order valence-electron chi connectivity index (χ1n) is 9.38. The second kappa shape index (κ2) is 7.58. The molecule has 2 amide bonds. The van der Waals surface area contributed by atoms with Gasteiger partial charge in [0.05, 0.1) is 23.0 Å². The molecule has 0 aliphatic carbocycles. The molecule has 0 atom stereocenters. The number of aromatic nitrogens is 2. The molecule has 3 aromatic rings. The van der Waals surface area contributed by atoms with Crippen LogP contribution in [-0.2, 0) is 11.3 Å². The number of aromatic amines is 1. The van der Waals surface area contributed by atoms with Crippen molar-refractivity contribution in [2.24, 2.45) is 0 Å². The molecule has 1 aromatic heterocycles. The lowest BCUT2D eigenvalue weighted by molar-refractivity contribution is -0.133. The molecule has 0 radical (unpaired) electrons. The molecule has 1 N–H and O–H groups in total. The van der Waals surface area contributed by atoms with Crippen molar-refractivity contribution in [1.82, 2.24) is 19.4 Å². The van der Waals surface area contributed by atoms with Gasteiger partial charge < -0.3 is 9.80 Å². The van der Waals surface area contributed by atoms with Gasteiger partial charge in [-0.05, 0) is 29.8 Å². The summed E-state index contributed by atoms with van der Waals surface area (Å²) in [5, 5.41) is 0.353. The van der Waals surface area contributed by atoms with Crippen LogP contribution in [0.2, 0.25) is 0 Å². The van der Waals surface area contributed by atoms with Gasteiger partial charge in [-0.25, -0.2) is 9.18 Å². The molecule has 1 aliphatic rings. The SMILES string of the molecule is CN1CCN(C(=O)c2cc(Cn3c(=O)[nH]c(=O)c4ccccc43)ccc2F)CC1=O. The third kappa shape index (κ3) is 3.49. The Kier molecular flexibility index (Phi) is 4.94. The maximum absolute atomic E-state index is 14.4. The number of carbonyl (C=O) groups excluding carboxylic acids is 2. The molecule has 8 nitrogen and oxygen atoms in total. The molecule has 2 heterocycles. The fraction of sp³-hybridized carbons (Fsp3) is 0.238. The van der Waals surface area contributed by atoms with Crippen LogP contribution >= 0.6 is 0 Å². The Bertz CT molecular complexity index is 1280. The van der Waals surface area contributed by atoms with Crippen LogP contribution in [0.4, 0.5) is 4.39 Å². The molecular weight excluding hydrogens is 391 g/mol. The molecule has 0 bridgehead atoms. The zero-order valence-corrected chi connectivity index (χ0v) is 16.2. The number of likely N-dealkylation sites (N-methyl/N-ethyl adjacent to an activating group) is 1. The maximum Gasteiger partial charge on any atom is 0.329 e. The lowest BCUT2D eigenvalue weighted by Crippen LogP contribution is -2.50. The molecule has 9 heteroatoms. The molecule has 1 saturated heterocycles. The minimum Gasteiger partial charge on any atom is -0.342 e. The molecule has 0 spiro atoms. The number of halogens is 1. The minimum atomic E-state index is -0.700. The van der Waals surface area contributed by atoms with Gasteiger partial charge in [0.1, 0.15) is 12.4 Å². The third-order valence-corrected chi connectivity index (χ3v) is 5.25. The number of hydrogen-bond acceptors (Lipinski definition) is 4. The highest BCUT2D eigenvalue weighted by molar-refractivity contribution is 5.97. The van der Waals surface area contributed by atoms with Gasteiger partial charge in [0.2, 0.25) is 5.91 Å². The molecule has 154 valence electrons. The second-order valence-electron chi connectivity index (χ2n) is 7.22. The van der Waals surface area contributed by atoms with Crippen LogP contribution in [0.1, 0.15) is 15.9 Å². The summed E-state index contributed by atoms with van der Waals surface area (Å²) in [6.45, 7) is 0.626. The number of carbonyl (C=O) groups is 2. The van der Waals surface area contributed by atoms with Crippen LogP contribution < -0.4 is 11.2 Å². The summed E-state index contributed by atoms with van der Waals surface area (Å²) >= 11 is 0. The molecule has 30 heavy (non-hydrogen) atoms. The number of piperazine rings is 1. The van der Waals surface area contributed by atoms with E-state index in [0.717, 1.165) is 0 Å². The third-order valence-electron chi connectivity index (χ3n) is 5.25. The summed E-state index contributed by atoms with van der Waals surface area (Å²) in [6, 6.07) is 10.7. The number of nitrogens with zero attached hydrogens (tertiary/aromatic N) is 3. The van der Waals surface area contributed by atoms with E-state index in [1.54, 1.807) is 31.3 Å². The van der Waals surface area contributed by atoms with Gasteiger partial charge in [0.15, 0.2) is 0 Å². The average Bonchev–Trinajstić information content (AvgIpc) is 2.73. The van der Waals surface area contributed by atoms with Gasteiger partial charge in [-0.1, -0.05) is 18.2 Å². The number of hydrogen-bond donors (Lipinski definition) is 1.